The van der Waals surface area contributed by atoms with Crippen molar-refractivity contribution in [2.75, 3.05) is 0 Å². The lowest BCUT2D eigenvalue weighted by Gasteiger charge is -2.05. The van der Waals surface area contributed by atoms with Gasteiger partial charge in [0.1, 0.15) is 10.7 Å². The third kappa shape index (κ3) is 2.64. The van der Waals surface area contributed by atoms with E-state index >= 15 is 0 Å². The minimum atomic E-state index is 0.626. The first-order chi connectivity index (χ1) is 12.8. The summed E-state index contributed by atoms with van der Waals surface area (Å²) in [5, 5.41) is 10.7. The zero-order valence-electron chi connectivity index (χ0n) is 13.4. The SMILES string of the molecule is Clc1ccc(Sc2c(-c3ccc4[nH]ncc4c3)[nH]c3ncccc23)nc1. The van der Waals surface area contributed by atoms with Gasteiger partial charge < -0.3 is 4.98 Å². The van der Waals surface area contributed by atoms with E-state index in [0.29, 0.717) is 5.02 Å². The normalized spacial score (nSPS) is 11.4. The van der Waals surface area contributed by atoms with Crippen molar-refractivity contribution in [1.29, 1.82) is 0 Å². The molecule has 2 N–H and O–H groups in total. The second-order valence-corrected chi connectivity index (χ2v) is 7.28. The second-order valence-electron chi connectivity index (χ2n) is 5.82. The van der Waals surface area contributed by atoms with Gasteiger partial charge in [0.25, 0.3) is 0 Å². The molecule has 126 valence electrons. The van der Waals surface area contributed by atoms with Crippen LogP contribution < -0.4 is 0 Å². The van der Waals surface area contributed by atoms with Gasteiger partial charge in [0.2, 0.25) is 0 Å². The Morgan fingerprint density at radius 3 is 2.85 bits per heavy atom. The molecule has 1 aromatic carbocycles. The first-order valence-corrected chi connectivity index (χ1v) is 9.17. The Kier molecular flexibility index (Phi) is 3.65. The van der Waals surface area contributed by atoms with E-state index in [1.807, 2.05) is 30.5 Å². The fourth-order valence-corrected chi connectivity index (χ4v) is 4.04. The van der Waals surface area contributed by atoms with Crippen LogP contribution in [-0.2, 0) is 0 Å². The zero-order valence-corrected chi connectivity index (χ0v) is 15.0. The third-order valence-corrected chi connectivity index (χ3v) is 5.46. The molecule has 5 rings (SSSR count). The summed E-state index contributed by atoms with van der Waals surface area (Å²) in [5.74, 6) is 0. The molecule has 0 aliphatic heterocycles. The average molecular weight is 378 g/mol. The number of hydrogen-bond acceptors (Lipinski definition) is 4. The van der Waals surface area contributed by atoms with E-state index in [2.05, 4.69) is 43.3 Å². The van der Waals surface area contributed by atoms with E-state index in [-0.39, 0.29) is 0 Å². The summed E-state index contributed by atoms with van der Waals surface area (Å²) in [4.78, 5) is 13.4. The summed E-state index contributed by atoms with van der Waals surface area (Å²) >= 11 is 7.56. The average Bonchev–Trinajstić information content (AvgIpc) is 3.28. The topological polar surface area (TPSA) is 70.2 Å². The number of nitrogens with one attached hydrogen (secondary N) is 2. The van der Waals surface area contributed by atoms with Crippen LogP contribution in [0.2, 0.25) is 5.02 Å². The van der Waals surface area contributed by atoms with Crippen LogP contribution in [0.4, 0.5) is 0 Å². The summed E-state index contributed by atoms with van der Waals surface area (Å²) < 4.78 is 0. The van der Waals surface area contributed by atoms with E-state index in [1.54, 1.807) is 24.2 Å². The van der Waals surface area contributed by atoms with Gasteiger partial charge >= 0.3 is 0 Å². The third-order valence-electron chi connectivity index (χ3n) is 4.16. The number of halogens is 1. The molecule has 0 saturated heterocycles. The van der Waals surface area contributed by atoms with E-state index in [0.717, 1.165) is 43.1 Å². The molecule has 0 saturated carbocycles. The summed E-state index contributed by atoms with van der Waals surface area (Å²) in [7, 11) is 0. The number of pyridine rings is 2. The molecule has 0 bridgehead atoms. The second kappa shape index (κ2) is 6.16. The van der Waals surface area contributed by atoms with Crippen LogP contribution in [0.5, 0.6) is 0 Å². The highest BCUT2D eigenvalue weighted by Crippen LogP contribution is 2.40. The van der Waals surface area contributed by atoms with Crippen molar-refractivity contribution in [3.8, 4) is 11.3 Å². The van der Waals surface area contributed by atoms with Crippen molar-refractivity contribution < 1.29 is 0 Å². The van der Waals surface area contributed by atoms with Crippen LogP contribution in [0.25, 0.3) is 33.2 Å². The van der Waals surface area contributed by atoms with E-state index in [9.17, 15) is 0 Å². The number of H-pyrrole nitrogens is 2. The Bertz CT molecular complexity index is 1230. The van der Waals surface area contributed by atoms with E-state index in [1.165, 1.54) is 0 Å². The Labute approximate surface area is 157 Å². The van der Waals surface area contributed by atoms with Crippen molar-refractivity contribution >= 4 is 45.3 Å². The highest BCUT2D eigenvalue weighted by atomic mass is 35.5. The fourth-order valence-electron chi connectivity index (χ4n) is 2.93. The number of benzene rings is 1. The quantitative estimate of drug-likeness (QED) is 0.447. The van der Waals surface area contributed by atoms with Crippen LogP contribution in [-0.4, -0.2) is 25.1 Å². The summed E-state index contributed by atoms with van der Waals surface area (Å²) in [6.07, 6.45) is 5.28. The summed E-state index contributed by atoms with van der Waals surface area (Å²) in [6, 6.07) is 14.0. The molecule has 4 heterocycles. The van der Waals surface area contributed by atoms with Crippen molar-refractivity contribution in [3.05, 3.63) is 66.1 Å². The molecule has 7 heteroatoms. The van der Waals surface area contributed by atoms with Crippen LogP contribution in [0.15, 0.2) is 71.0 Å². The minimum absolute atomic E-state index is 0.626. The number of rotatable bonds is 3. The van der Waals surface area contributed by atoms with Gasteiger partial charge in [0.15, 0.2) is 0 Å². The van der Waals surface area contributed by atoms with Gasteiger partial charge in [-0.3, -0.25) is 5.10 Å². The van der Waals surface area contributed by atoms with Crippen LogP contribution in [0.3, 0.4) is 0 Å². The van der Waals surface area contributed by atoms with Crippen LogP contribution in [0, 0.1) is 0 Å². The molecule has 0 fully saturated rings. The van der Waals surface area contributed by atoms with Crippen molar-refractivity contribution in [2.24, 2.45) is 0 Å². The lowest BCUT2D eigenvalue weighted by atomic mass is 10.1. The molecule has 4 aromatic heterocycles. The van der Waals surface area contributed by atoms with Crippen molar-refractivity contribution in [3.63, 3.8) is 0 Å². The molecule has 0 amide bonds. The molecule has 0 atom stereocenters. The van der Waals surface area contributed by atoms with Crippen molar-refractivity contribution in [1.82, 2.24) is 25.1 Å². The maximum absolute atomic E-state index is 5.96. The van der Waals surface area contributed by atoms with Crippen LogP contribution in [0.1, 0.15) is 0 Å². The molecule has 0 aliphatic carbocycles. The van der Waals surface area contributed by atoms with Crippen LogP contribution >= 0.6 is 23.4 Å². The molecule has 0 radical (unpaired) electrons. The fraction of sp³-hybridized carbons (Fsp3) is 0. The monoisotopic (exact) mass is 377 g/mol. The van der Waals surface area contributed by atoms with Gasteiger partial charge in [0, 0.05) is 28.1 Å². The predicted octanol–water partition coefficient (Wildman–Crippen LogP) is 5.31. The number of fused-ring (bicyclic) bond motifs is 2. The Morgan fingerprint density at radius 1 is 1.00 bits per heavy atom. The number of aromatic amines is 2. The molecule has 5 aromatic rings. The summed E-state index contributed by atoms with van der Waals surface area (Å²) in [5.41, 5.74) is 3.96. The first-order valence-electron chi connectivity index (χ1n) is 7.97. The number of nitrogens with zero attached hydrogens (tertiary/aromatic N) is 3. The van der Waals surface area contributed by atoms with E-state index < -0.39 is 0 Å². The maximum Gasteiger partial charge on any atom is 0.138 e. The highest BCUT2D eigenvalue weighted by Gasteiger charge is 2.16. The van der Waals surface area contributed by atoms with Gasteiger partial charge in [-0.2, -0.15) is 5.10 Å². The van der Waals surface area contributed by atoms with Gasteiger partial charge in [-0.1, -0.05) is 29.4 Å². The summed E-state index contributed by atoms with van der Waals surface area (Å²) in [6.45, 7) is 0. The standard InChI is InChI=1S/C19H12ClN5S/c20-13-4-6-16(22-10-13)26-18-14-2-1-7-21-19(14)24-17(18)11-3-5-15-12(8-11)9-23-25-15/h1-10H,(H,21,24)(H,23,25). The smallest absolute Gasteiger partial charge is 0.138 e. The lowest BCUT2D eigenvalue weighted by Crippen LogP contribution is -1.83. The van der Waals surface area contributed by atoms with Gasteiger partial charge in [-0.25, -0.2) is 9.97 Å². The molecule has 26 heavy (non-hydrogen) atoms. The predicted molar refractivity (Wildman–Crippen MR) is 105 cm³/mol. The van der Waals surface area contributed by atoms with Crippen molar-refractivity contribution in [2.45, 2.75) is 9.92 Å². The maximum atomic E-state index is 5.96. The molecular weight excluding hydrogens is 366 g/mol. The zero-order chi connectivity index (χ0) is 17.5. The van der Waals surface area contributed by atoms with Gasteiger partial charge in [-0.15, -0.1) is 0 Å². The largest absolute Gasteiger partial charge is 0.338 e. The lowest BCUT2D eigenvalue weighted by molar-refractivity contribution is 1.12. The number of aromatic nitrogens is 5. The molecule has 0 aliphatic rings. The Morgan fingerprint density at radius 2 is 1.96 bits per heavy atom. The molecule has 0 spiro atoms. The Balaban J connectivity index is 1.69. The Hall–Kier alpha value is -2.83. The molecule has 5 nitrogen and oxygen atoms in total. The molecular formula is C19H12ClN5S. The molecule has 0 unspecified atom stereocenters. The minimum Gasteiger partial charge on any atom is -0.338 e. The number of hydrogen-bond donors (Lipinski definition) is 2. The van der Waals surface area contributed by atoms with Gasteiger partial charge in [-0.05, 0) is 42.0 Å². The van der Waals surface area contributed by atoms with E-state index in [4.69, 9.17) is 11.6 Å². The highest BCUT2D eigenvalue weighted by molar-refractivity contribution is 7.99. The first kappa shape index (κ1) is 15.4. The van der Waals surface area contributed by atoms with Gasteiger partial charge in [0.05, 0.1) is 22.4 Å².